The van der Waals surface area contributed by atoms with Gasteiger partial charge in [0.2, 0.25) is 0 Å². The van der Waals surface area contributed by atoms with E-state index < -0.39 is 0 Å². The third-order valence-electron chi connectivity index (χ3n) is 5.56. The first kappa shape index (κ1) is 17.4. The highest BCUT2D eigenvalue weighted by molar-refractivity contribution is 6.22. The van der Waals surface area contributed by atoms with E-state index in [0.29, 0.717) is 0 Å². The molecule has 138 valence electrons. The molecule has 0 saturated heterocycles. The number of hydrogen-bond acceptors (Lipinski definition) is 1. The summed E-state index contributed by atoms with van der Waals surface area (Å²) >= 11 is 0. The Morgan fingerprint density at radius 3 is 1.48 bits per heavy atom. The van der Waals surface area contributed by atoms with Crippen LogP contribution >= 0.6 is 0 Å². The van der Waals surface area contributed by atoms with Gasteiger partial charge in [0.1, 0.15) is 0 Å². The minimum Gasteiger partial charge on any atom is -0.295 e. The zero-order valence-corrected chi connectivity index (χ0v) is 16.2. The summed E-state index contributed by atoms with van der Waals surface area (Å²) in [6.07, 6.45) is 0. The molecule has 1 heteroatoms. The number of fused-ring (bicyclic) bond motifs is 2. The highest BCUT2D eigenvalue weighted by Crippen LogP contribution is 2.43. The van der Waals surface area contributed by atoms with E-state index in [4.69, 9.17) is 0 Å². The maximum absolute atomic E-state index is 12.2. The number of benzene rings is 5. The Morgan fingerprint density at radius 2 is 0.966 bits per heavy atom. The second-order valence-corrected chi connectivity index (χ2v) is 7.34. The largest absolute Gasteiger partial charge is 0.295 e. The zero-order chi connectivity index (χ0) is 19.8. The molecule has 0 N–H and O–H groups in total. The number of hydrogen-bond donors (Lipinski definition) is 0. The lowest BCUT2D eigenvalue weighted by Crippen LogP contribution is -1.95. The summed E-state index contributed by atoms with van der Waals surface area (Å²) in [5.74, 6) is 0.0836. The van der Waals surface area contributed by atoms with Gasteiger partial charge in [-0.1, -0.05) is 97.1 Å². The Hall–Kier alpha value is -3.71. The van der Waals surface area contributed by atoms with Crippen LogP contribution < -0.4 is 0 Å². The van der Waals surface area contributed by atoms with Gasteiger partial charge in [-0.05, 0) is 56.8 Å². The molecule has 0 radical (unpaired) electrons. The minimum atomic E-state index is 0.0836. The molecule has 5 aromatic rings. The van der Waals surface area contributed by atoms with Crippen molar-refractivity contribution in [3.8, 4) is 22.3 Å². The first-order valence-corrected chi connectivity index (χ1v) is 9.84. The van der Waals surface area contributed by atoms with Gasteiger partial charge in [0.15, 0.2) is 5.78 Å². The number of Topliss-reactive ketones (excluding diaryl/α,β-unsaturated/α-hetero) is 1. The molecule has 0 spiro atoms. The molecule has 1 nitrogen and oxygen atoms in total. The molecule has 29 heavy (non-hydrogen) atoms. The second kappa shape index (κ2) is 7.03. The van der Waals surface area contributed by atoms with Crippen LogP contribution in [0.5, 0.6) is 0 Å². The van der Waals surface area contributed by atoms with Gasteiger partial charge in [-0.15, -0.1) is 0 Å². The van der Waals surface area contributed by atoms with Crippen LogP contribution in [0.2, 0.25) is 0 Å². The van der Waals surface area contributed by atoms with Crippen molar-refractivity contribution in [1.29, 1.82) is 0 Å². The van der Waals surface area contributed by atoms with Crippen LogP contribution in [-0.4, -0.2) is 5.78 Å². The van der Waals surface area contributed by atoms with Crippen LogP contribution in [0.3, 0.4) is 0 Å². The summed E-state index contributed by atoms with van der Waals surface area (Å²) in [5, 5.41) is 4.70. The standard InChI is InChI=1S/C28H20O/c1-19(29)22-16-17-25-26(18-22)28(21-12-6-3-7-13-21)24-15-9-8-14-23(24)27(25)20-10-4-2-5-11-20/h2-18H,1H3. The van der Waals surface area contributed by atoms with Gasteiger partial charge in [0.05, 0.1) is 0 Å². The second-order valence-electron chi connectivity index (χ2n) is 7.34. The first-order valence-electron chi connectivity index (χ1n) is 9.84. The molecule has 0 fully saturated rings. The zero-order valence-electron chi connectivity index (χ0n) is 16.2. The molecule has 0 saturated carbocycles. The fourth-order valence-corrected chi connectivity index (χ4v) is 4.23. The van der Waals surface area contributed by atoms with Gasteiger partial charge in [-0.2, -0.15) is 0 Å². The van der Waals surface area contributed by atoms with Crippen LogP contribution in [0, 0.1) is 0 Å². The third kappa shape index (κ3) is 2.92. The number of ketones is 1. The summed E-state index contributed by atoms with van der Waals surface area (Å²) in [6.45, 7) is 1.63. The monoisotopic (exact) mass is 372 g/mol. The van der Waals surface area contributed by atoms with Crippen molar-refractivity contribution < 1.29 is 4.79 Å². The Balaban J connectivity index is 2.03. The topological polar surface area (TPSA) is 17.1 Å². The van der Waals surface area contributed by atoms with Crippen molar-refractivity contribution in [2.24, 2.45) is 0 Å². The van der Waals surface area contributed by atoms with Gasteiger partial charge < -0.3 is 0 Å². The lowest BCUT2D eigenvalue weighted by molar-refractivity contribution is 0.101. The van der Waals surface area contributed by atoms with Gasteiger partial charge >= 0.3 is 0 Å². The van der Waals surface area contributed by atoms with Crippen molar-refractivity contribution in [3.05, 3.63) is 109 Å². The molecule has 0 heterocycles. The van der Waals surface area contributed by atoms with E-state index in [1.165, 1.54) is 32.8 Å². The minimum absolute atomic E-state index is 0.0836. The lowest BCUT2D eigenvalue weighted by atomic mass is 9.85. The smallest absolute Gasteiger partial charge is 0.159 e. The van der Waals surface area contributed by atoms with Gasteiger partial charge in [0, 0.05) is 5.56 Å². The Kier molecular flexibility index (Phi) is 4.22. The summed E-state index contributed by atoms with van der Waals surface area (Å²) in [4.78, 5) is 12.2. The lowest BCUT2D eigenvalue weighted by Gasteiger charge is -2.18. The van der Waals surface area contributed by atoms with E-state index in [1.54, 1.807) is 6.92 Å². The molecule has 0 bridgehead atoms. The predicted molar refractivity (Wildman–Crippen MR) is 122 cm³/mol. The maximum Gasteiger partial charge on any atom is 0.159 e. The van der Waals surface area contributed by atoms with Gasteiger partial charge in [-0.25, -0.2) is 0 Å². The molecule has 0 aromatic heterocycles. The quantitative estimate of drug-likeness (QED) is 0.236. The molecule has 0 aliphatic carbocycles. The molecule has 5 aromatic carbocycles. The Bertz CT molecular complexity index is 1350. The number of rotatable bonds is 3. The summed E-state index contributed by atoms with van der Waals surface area (Å²) in [6, 6.07) is 35.6. The predicted octanol–water partition coefficient (Wildman–Crippen LogP) is 7.53. The Labute approximate surface area is 170 Å². The van der Waals surface area contributed by atoms with Crippen molar-refractivity contribution in [2.45, 2.75) is 6.92 Å². The summed E-state index contributed by atoms with van der Waals surface area (Å²) in [5.41, 5.74) is 5.48. The van der Waals surface area contributed by atoms with Crippen LogP contribution in [0.15, 0.2) is 103 Å². The van der Waals surface area contributed by atoms with Crippen LogP contribution in [-0.2, 0) is 0 Å². The van der Waals surface area contributed by atoms with Crippen molar-refractivity contribution in [2.75, 3.05) is 0 Å². The highest BCUT2D eigenvalue weighted by atomic mass is 16.1. The highest BCUT2D eigenvalue weighted by Gasteiger charge is 2.17. The molecule has 0 aliphatic heterocycles. The third-order valence-corrected chi connectivity index (χ3v) is 5.56. The van der Waals surface area contributed by atoms with E-state index in [2.05, 4.69) is 84.9 Å². The fourth-order valence-electron chi connectivity index (χ4n) is 4.23. The van der Waals surface area contributed by atoms with E-state index in [9.17, 15) is 4.79 Å². The maximum atomic E-state index is 12.2. The van der Waals surface area contributed by atoms with Crippen LogP contribution in [0.1, 0.15) is 17.3 Å². The van der Waals surface area contributed by atoms with Gasteiger partial charge in [-0.3, -0.25) is 4.79 Å². The summed E-state index contributed by atoms with van der Waals surface area (Å²) in [7, 11) is 0. The average molecular weight is 372 g/mol. The molecule has 0 aliphatic rings. The molecule has 0 atom stereocenters. The first-order chi connectivity index (χ1) is 14.2. The van der Waals surface area contributed by atoms with Crippen LogP contribution in [0.25, 0.3) is 43.8 Å². The fraction of sp³-hybridized carbons (Fsp3) is 0.0357. The van der Waals surface area contributed by atoms with E-state index in [-0.39, 0.29) is 5.78 Å². The molecule has 0 unspecified atom stereocenters. The SMILES string of the molecule is CC(=O)c1ccc2c(-c3ccccc3)c3ccccc3c(-c3ccccc3)c2c1. The van der Waals surface area contributed by atoms with Crippen molar-refractivity contribution in [1.82, 2.24) is 0 Å². The van der Waals surface area contributed by atoms with E-state index in [1.807, 2.05) is 18.2 Å². The molecule has 0 amide bonds. The van der Waals surface area contributed by atoms with Crippen molar-refractivity contribution in [3.63, 3.8) is 0 Å². The average Bonchev–Trinajstić information content (AvgIpc) is 2.78. The van der Waals surface area contributed by atoms with Crippen LogP contribution in [0.4, 0.5) is 0 Å². The molecular formula is C28H20O. The van der Waals surface area contributed by atoms with E-state index >= 15 is 0 Å². The number of carbonyl (C=O) groups excluding carboxylic acids is 1. The summed E-state index contributed by atoms with van der Waals surface area (Å²) < 4.78 is 0. The van der Waals surface area contributed by atoms with E-state index in [0.717, 1.165) is 16.5 Å². The normalized spacial score (nSPS) is 11.1. The molecular weight excluding hydrogens is 352 g/mol. The van der Waals surface area contributed by atoms with Gasteiger partial charge in [0.25, 0.3) is 0 Å². The van der Waals surface area contributed by atoms with Crippen molar-refractivity contribution >= 4 is 27.3 Å². The Morgan fingerprint density at radius 1 is 0.517 bits per heavy atom. The number of carbonyl (C=O) groups is 1. The molecule has 5 rings (SSSR count).